The minimum atomic E-state index is -0.634. The summed E-state index contributed by atoms with van der Waals surface area (Å²) in [6.07, 6.45) is 2.93. The highest BCUT2D eigenvalue weighted by molar-refractivity contribution is 5.97. The number of rotatable bonds is 5. The second-order valence-corrected chi connectivity index (χ2v) is 5.83. The molecule has 0 radical (unpaired) electrons. The molecular formula is C16H23NO2. The zero-order valence-corrected chi connectivity index (χ0v) is 11.9. The largest absolute Gasteiger partial charge is 0.389 e. The molecule has 2 rings (SSSR count). The summed E-state index contributed by atoms with van der Waals surface area (Å²) < 4.78 is 0. The van der Waals surface area contributed by atoms with Crippen molar-refractivity contribution in [3.8, 4) is 0 Å². The van der Waals surface area contributed by atoms with E-state index in [9.17, 15) is 9.90 Å². The van der Waals surface area contributed by atoms with Gasteiger partial charge in [0.1, 0.15) is 0 Å². The molecule has 0 saturated carbocycles. The molecule has 0 aliphatic carbocycles. The third-order valence-electron chi connectivity index (χ3n) is 3.71. The molecule has 3 heteroatoms. The number of hydrogen-bond acceptors (Lipinski definition) is 3. The monoisotopic (exact) mass is 261 g/mol. The molecule has 104 valence electrons. The summed E-state index contributed by atoms with van der Waals surface area (Å²) in [6.45, 7) is 5.78. The number of nitrogens with zero attached hydrogens (tertiary/aromatic N) is 1. The fraction of sp³-hybridized carbons (Fsp3) is 0.562. The van der Waals surface area contributed by atoms with Gasteiger partial charge in [-0.15, -0.1) is 0 Å². The summed E-state index contributed by atoms with van der Waals surface area (Å²) in [4.78, 5) is 14.2. The van der Waals surface area contributed by atoms with E-state index in [2.05, 4.69) is 6.92 Å². The van der Waals surface area contributed by atoms with E-state index in [1.165, 1.54) is 5.56 Å². The second-order valence-electron chi connectivity index (χ2n) is 5.83. The molecule has 1 aromatic carbocycles. The van der Waals surface area contributed by atoms with Gasteiger partial charge in [0.15, 0.2) is 5.78 Å². The minimum absolute atomic E-state index is 0.140. The Kier molecular flexibility index (Phi) is 4.38. The fourth-order valence-corrected chi connectivity index (χ4v) is 2.61. The zero-order chi connectivity index (χ0) is 13.9. The number of aliphatic hydroxyl groups is 1. The maximum atomic E-state index is 12.2. The number of ketones is 1. The first-order chi connectivity index (χ1) is 9.00. The molecule has 0 amide bonds. The number of hydrogen-bond donors (Lipinski definition) is 1. The lowest BCUT2D eigenvalue weighted by atomic mass is 10.1. The molecule has 0 bridgehead atoms. The van der Waals surface area contributed by atoms with Crippen LogP contribution in [-0.2, 0) is 6.42 Å². The van der Waals surface area contributed by atoms with Crippen LogP contribution < -0.4 is 0 Å². The Labute approximate surface area is 115 Å². The van der Waals surface area contributed by atoms with Crippen LogP contribution in [0.1, 0.15) is 42.6 Å². The zero-order valence-electron chi connectivity index (χ0n) is 11.9. The Morgan fingerprint density at radius 3 is 2.58 bits per heavy atom. The van der Waals surface area contributed by atoms with Gasteiger partial charge in [0.2, 0.25) is 0 Å². The van der Waals surface area contributed by atoms with E-state index in [1.54, 1.807) is 0 Å². The second kappa shape index (κ2) is 5.85. The molecule has 0 aromatic heterocycles. The van der Waals surface area contributed by atoms with Crippen LogP contribution in [0.25, 0.3) is 0 Å². The molecule has 1 aromatic rings. The molecule has 1 atom stereocenters. The van der Waals surface area contributed by atoms with Crippen LogP contribution in [0.2, 0.25) is 0 Å². The third-order valence-corrected chi connectivity index (χ3v) is 3.71. The van der Waals surface area contributed by atoms with Crippen molar-refractivity contribution in [1.82, 2.24) is 4.90 Å². The van der Waals surface area contributed by atoms with E-state index in [1.807, 2.05) is 36.1 Å². The summed E-state index contributed by atoms with van der Waals surface area (Å²) in [7, 11) is 0. The number of benzene rings is 1. The Morgan fingerprint density at radius 1 is 1.37 bits per heavy atom. The quantitative estimate of drug-likeness (QED) is 0.827. The van der Waals surface area contributed by atoms with Crippen molar-refractivity contribution in [2.24, 2.45) is 0 Å². The Balaban J connectivity index is 1.93. The molecule has 19 heavy (non-hydrogen) atoms. The fourth-order valence-electron chi connectivity index (χ4n) is 2.61. The first-order valence-electron chi connectivity index (χ1n) is 7.07. The van der Waals surface area contributed by atoms with Gasteiger partial charge in [-0.2, -0.15) is 0 Å². The summed E-state index contributed by atoms with van der Waals surface area (Å²) in [5, 5.41) is 9.89. The van der Waals surface area contributed by atoms with Gasteiger partial charge in [0.25, 0.3) is 0 Å². The van der Waals surface area contributed by atoms with Gasteiger partial charge in [-0.3, -0.25) is 9.69 Å². The van der Waals surface area contributed by atoms with Gasteiger partial charge in [-0.05, 0) is 25.3 Å². The summed E-state index contributed by atoms with van der Waals surface area (Å²) in [5.41, 5.74) is 1.42. The molecule has 1 heterocycles. The predicted octanol–water partition coefficient (Wildman–Crippen LogP) is 2.28. The van der Waals surface area contributed by atoms with Crippen LogP contribution in [-0.4, -0.2) is 41.0 Å². The summed E-state index contributed by atoms with van der Waals surface area (Å²) in [6, 6.07) is 7.91. The summed E-state index contributed by atoms with van der Waals surface area (Å²) >= 11 is 0. The van der Waals surface area contributed by atoms with Crippen molar-refractivity contribution in [3.63, 3.8) is 0 Å². The van der Waals surface area contributed by atoms with Crippen molar-refractivity contribution in [3.05, 3.63) is 35.4 Å². The first-order valence-corrected chi connectivity index (χ1v) is 7.07. The average Bonchev–Trinajstić information content (AvgIpc) is 2.70. The number of likely N-dealkylation sites (tertiary alicyclic amines) is 1. The standard InChI is InChI=1S/C16H23NO2/c1-3-4-13-5-7-14(8-6-13)15(18)11-17-10-9-16(2,19)12-17/h5-8,19H,3-4,9-12H2,1-2H3. The average molecular weight is 261 g/mol. The van der Waals surface area contributed by atoms with E-state index >= 15 is 0 Å². The lowest BCUT2D eigenvalue weighted by Gasteiger charge is -2.18. The molecule has 1 unspecified atom stereocenters. The van der Waals surface area contributed by atoms with Crippen molar-refractivity contribution < 1.29 is 9.90 Å². The molecule has 1 N–H and O–H groups in total. The maximum absolute atomic E-state index is 12.2. The SMILES string of the molecule is CCCc1ccc(C(=O)CN2CCC(C)(O)C2)cc1. The lowest BCUT2D eigenvalue weighted by Crippen LogP contribution is -2.33. The Bertz CT molecular complexity index is 437. The highest BCUT2D eigenvalue weighted by atomic mass is 16.3. The maximum Gasteiger partial charge on any atom is 0.176 e. The van der Waals surface area contributed by atoms with Gasteiger partial charge >= 0.3 is 0 Å². The van der Waals surface area contributed by atoms with E-state index in [0.717, 1.165) is 31.4 Å². The van der Waals surface area contributed by atoms with Crippen LogP contribution in [0, 0.1) is 0 Å². The number of Topliss-reactive ketones (excluding diaryl/α,β-unsaturated/α-hetero) is 1. The van der Waals surface area contributed by atoms with Crippen molar-refractivity contribution in [1.29, 1.82) is 0 Å². The van der Waals surface area contributed by atoms with Crippen LogP contribution >= 0.6 is 0 Å². The first kappa shape index (κ1) is 14.2. The predicted molar refractivity (Wildman–Crippen MR) is 76.4 cm³/mol. The summed E-state index contributed by atoms with van der Waals surface area (Å²) in [5.74, 6) is 0.140. The van der Waals surface area contributed by atoms with Gasteiger partial charge in [-0.25, -0.2) is 0 Å². The Hall–Kier alpha value is -1.19. The van der Waals surface area contributed by atoms with E-state index in [-0.39, 0.29) is 5.78 Å². The van der Waals surface area contributed by atoms with Crippen LogP contribution in [0.5, 0.6) is 0 Å². The molecular weight excluding hydrogens is 238 g/mol. The molecule has 1 aliphatic rings. The smallest absolute Gasteiger partial charge is 0.176 e. The molecule has 3 nitrogen and oxygen atoms in total. The lowest BCUT2D eigenvalue weighted by molar-refractivity contribution is 0.0669. The molecule has 0 spiro atoms. The normalized spacial score (nSPS) is 23.7. The van der Waals surface area contributed by atoms with Gasteiger partial charge < -0.3 is 5.11 Å². The highest BCUT2D eigenvalue weighted by Gasteiger charge is 2.32. The molecule has 1 aliphatic heterocycles. The minimum Gasteiger partial charge on any atom is -0.389 e. The molecule has 1 fully saturated rings. The van der Waals surface area contributed by atoms with Crippen LogP contribution in [0.15, 0.2) is 24.3 Å². The van der Waals surface area contributed by atoms with Gasteiger partial charge in [-0.1, -0.05) is 37.6 Å². The van der Waals surface area contributed by atoms with E-state index < -0.39 is 5.60 Å². The number of carbonyl (C=O) groups excluding carboxylic acids is 1. The van der Waals surface area contributed by atoms with Crippen molar-refractivity contribution in [2.45, 2.75) is 38.7 Å². The molecule has 1 saturated heterocycles. The topological polar surface area (TPSA) is 40.5 Å². The van der Waals surface area contributed by atoms with Crippen molar-refractivity contribution >= 4 is 5.78 Å². The van der Waals surface area contributed by atoms with E-state index in [4.69, 9.17) is 0 Å². The van der Waals surface area contributed by atoms with Gasteiger partial charge in [0.05, 0.1) is 12.1 Å². The van der Waals surface area contributed by atoms with E-state index in [0.29, 0.717) is 13.1 Å². The van der Waals surface area contributed by atoms with Crippen molar-refractivity contribution in [2.75, 3.05) is 19.6 Å². The number of carbonyl (C=O) groups is 1. The number of aryl methyl sites for hydroxylation is 1. The third kappa shape index (κ3) is 3.88. The van der Waals surface area contributed by atoms with Crippen LogP contribution in [0.4, 0.5) is 0 Å². The van der Waals surface area contributed by atoms with Gasteiger partial charge in [0, 0.05) is 18.7 Å². The highest BCUT2D eigenvalue weighted by Crippen LogP contribution is 2.20. The van der Waals surface area contributed by atoms with Crippen LogP contribution in [0.3, 0.4) is 0 Å². The Morgan fingerprint density at radius 2 is 2.05 bits per heavy atom. The number of β-amino-alcohol motifs (C(OH)–C–C–N with tert-alkyl or cyclic N) is 1.